The van der Waals surface area contributed by atoms with Crippen LogP contribution in [0.5, 0.6) is 0 Å². The molecule has 2 heterocycles. The van der Waals surface area contributed by atoms with E-state index in [2.05, 4.69) is 0 Å². The molecule has 1 aromatic rings. The van der Waals surface area contributed by atoms with Gasteiger partial charge in [0.05, 0.1) is 11.3 Å². The summed E-state index contributed by atoms with van der Waals surface area (Å²) >= 11 is 0. The van der Waals surface area contributed by atoms with Crippen molar-refractivity contribution in [1.29, 1.82) is 0 Å². The van der Waals surface area contributed by atoms with E-state index in [4.69, 9.17) is 0 Å². The minimum absolute atomic E-state index is 0.0412. The third-order valence-electron chi connectivity index (χ3n) is 4.17. The fourth-order valence-electron chi connectivity index (χ4n) is 3.15. The number of ketones is 1. The molecule has 5 heteroatoms. The molecule has 3 rings (SSSR count). The molecular formula is C16H18N2O3. The van der Waals surface area contributed by atoms with Gasteiger partial charge in [0.2, 0.25) is 5.91 Å². The number of benzene rings is 1. The normalized spacial score (nSPS) is 17.6. The summed E-state index contributed by atoms with van der Waals surface area (Å²) in [5.74, 6) is -1.18. The van der Waals surface area contributed by atoms with Crippen LogP contribution in [0.4, 0.5) is 5.69 Å². The summed E-state index contributed by atoms with van der Waals surface area (Å²) in [4.78, 5) is 39.7. The summed E-state index contributed by atoms with van der Waals surface area (Å²) < 4.78 is 0. The maximum atomic E-state index is 12.3. The Balaban J connectivity index is 1.92. The monoisotopic (exact) mass is 286 g/mol. The van der Waals surface area contributed by atoms with Gasteiger partial charge in [-0.25, -0.2) is 0 Å². The van der Waals surface area contributed by atoms with Gasteiger partial charge in [0, 0.05) is 13.1 Å². The first-order valence-electron chi connectivity index (χ1n) is 7.24. The SMILES string of the molecule is Cc1cc(C)c2c(c1)N(CC(=O)N1CCCC1)C(=O)C2=O. The molecule has 0 radical (unpaired) electrons. The van der Waals surface area contributed by atoms with E-state index in [-0.39, 0.29) is 12.5 Å². The number of hydrogen-bond acceptors (Lipinski definition) is 3. The van der Waals surface area contributed by atoms with Crippen LogP contribution < -0.4 is 4.90 Å². The Bertz CT molecular complexity index is 645. The minimum atomic E-state index is -0.591. The number of fused-ring (bicyclic) bond motifs is 1. The lowest BCUT2D eigenvalue weighted by atomic mass is 10.0. The van der Waals surface area contributed by atoms with Crippen LogP contribution in [0.15, 0.2) is 12.1 Å². The quantitative estimate of drug-likeness (QED) is 0.773. The molecule has 2 amide bonds. The maximum absolute atomic E-state index is 12.3. The van der Waals surface area contributed by atoms with Crippen LogP contribution in [0.3, 0.4) is 0 Å². The number of amides is 2. The van der Waals surface area contributed by atoms with Gasteiger partial charge in [-0.2, -0.15) is 0 Å². The smallest absolute Gasteiger partial charge is 0.299 e. The standard InChI is InChI=1S/C16H18N2O3/c1-10-7-11(2)14-12(8-10)18(16(21)15(14)20)9-13(19)17-5-3-4-6-17/h7-8H,3-6,9H2,1-2H3. The van der Waals surface area contributed by atoms with Gasteiger partial charge in [-0.05, 0) is 43.9 Å². The van der Waals surface area contributed by atoms with Crippen molar-refractivity contribution in [2.75, 3.05) is 24.5 Å². The Morgan fingerprint density at radius 3 is 2.48 bits per heavy atom. The van der Waals surface area contributed by atoms with Gasteiger partial charge in [0.15, 0.2) is 0 Å². The molecule has 5 nitrogen and oxygen atoms in total. The van der Waals surface area contributed by atoms with Crippen molar-refractivity contribution in [2.45, 2.75) is 26.7 Å². The number of carbonyl (C=O) groups is 3. The first-order valence-corrected chi connectivity index (χ1v) is 7.24. The third-order valence-corrected chi connectivity index (χ3v) is 4.17. The molecule has 1 fully saturated rings. The zero-order valence-corrected chi connectivity index (χ0v) is 12.3. The zero-order valence-electron chi connectivity index (χ0n) is 12.3. The van der Waals surface area contributed by atoms with E-state index >= 15 is 0 Å². The number of nitrogens with zero attached hydrogens (tertiary/aromatic N) is 2. The zero-order chi connectivity index (χ0) is 15.1. The molecule has 0 unspecified atom stereocenters. The van der Waals surface area contributed by atoms with Crippen molar-refractivity contribution < 1.29 is 14.4 Å². The molecule has 0 N–H and O–H groups in total. The van der Waals surface area contributed by atoms with Gasteiger partial charge in [-0.1, -0.05) is 6.07 Å². The highest BCUT2D eigenvalue weighted by Gasteiger charge is 2.38. The largest absolute Gasteiger partial charge is 0.341 e. The van der Waals surface area contributed by atoms with Crippen molar-refractivity contribution in [2.24, 2.45) is 0 Å². The van der Waals surface area contributed by atoms with Crippen molar-refractivity contribution in [1.82, 2.24) is 4.90 Å². The fourth-order valence-corrected chi connectivity index (χ4v) is 3.15. The summed E-state index contributed by atoms with van der Waals surface area (Å²) in [5, 5.41) is 0. The molecule has 0 aliphatic carbocycles. The Kier molecular flexibility index (Phi) is 3.27. The lowest BCUT2D eigenvalue weighted by Gasteiger charge is -2.21. The van der Waals surface area contributed by atoms with E-state index in [0.29, 0.717) is 11.3 Å². The predicted octanol–water partition coefficient (Wildman–Crippen LogP) is 1.46. The van der Waals surface area contributed by atoms with E-state index in [0.717, 1.165) is 37.1 Å². The number of carbonyl (C=O) groups excluding carboxylic acids is 3. The van der Waals surface area contributed by atoms with Gasteiger partial charge in [0.25, 0.3) is 11.7 Å². The van der Waals surface area contributed by atoms with Crippen molar-refractivity contribution in [3.05, 3.63) is 28.8 Å². The highest BCUT2D eigenvalue weighted by molar-refractivity contribution is 6.53. The minimum Gasteiger partial charge on any atom is -0.341 e. The van der Waals surface area contributed by atoms with Gasteiger partial charge in [-0.15, -0.1) is 0 Å². The first-order chi connectivity index (χ1) is 9.99. The van der Waals surface area contributed by atoms with Crippen molar-refractivity contribution in [3.63, 3.8) is 0 Å². The molecule has 21 heavy (non-hydrogen) atoms. The molecule has 2 aliphatic rings. The Morgan fingerprint density at radius 2 is 1.81 bits per heavy atom. The molecule has 0 spiro atoms. The molecule has 2 aliphatic heterocycles. The summed E-state index contributed by atoms with van der Waals surface area (Å²) in [5.41, 5.74) is 2.79. The van der Waals surface area contributed by atoms with E-state index in [1.165, 1.54) is 4.90 Å². The van der Waals surface area contributed by atoms with Crippen LogP contribution in [0, 0.1) is 13.8 Å². The van der Waals surface area contributed by atoms with Gasteiger partial charge in [0.1, 0.15) is 6.54 Å². The number of rotatable bonds is 2. The summed E-state index contributed by atoms with van der Waals surface area (Å²) in [7, 11) is 0. The number of Topliss-reactive ketones (excluding diaryl/α,β-unsaturated/α-hetero) is 1. The first kappa shape index (κ1) is 13.8. The second-order valence-corrected chi connectivity index (χ2v) is 5.78. The molecule has 0 aromatic heterocycles. The van der Waals surface area contributed by atoms with Crippen molar-refractivity contribution in [3.8, 4) is 0 Å². The predicted molar refractivity (Wildman–Crippen MR) is 78.4 cm³/mol. The average Bonchev–Trinajstić information content (AvgIpc) is 3.02. The summed E-state index contributed by atoms with van der Waals surface area (Å²) in [6.07, 6.45) is 2.01. The van der Waals surface area contributed by atoms with Crippen LogP contribution >= 0.6 is 0 Å². The van der Waals surface area contributed by atoms with Crippen molar-refractivity contribution >= 4 is 23.3 Å². The van der Waals surface area contributed by atoms with Crippen LogP contribution in [0.25, 0.3) is 0 Å². The fraction of sp³-hybridized carbons (Fsp3) is 0.438. The molecule has 0 atom stereocenters. The second kappa shape index (κ2) is 4.98. The second-order valence-electron chi connectivity index (χ2n) is 5.78. The summed E-state index contributed by atoms with van der Waals surface area (Å²) in [6, 6.07) is 3.69. The van der Waals surface area contributed by atoms with Gasteiger partial charge >= 0.3 is 0 Å². The number of hydrogen-bond donors (Lipinski definition) is 0. The Labute approximate surface area is 123 Å². The van der Waals surface area contributed by atoms with Crippen LogP contribution in [-0.4, -0.2) is 42.1 Å². The molecule has 0 bridgehead atoms. The molecule has 1 saturated heterocycles. The van der Waals surface area contributed by atoms with E-state index in [9.17, 15) is 14.4 Å². The molecule has 0 saturated carbocycles. The van der Waals surface area contributed by atoms with Gasteiger partial charge < -0.3 is 4.90 Å². The number of likely N-dealkylation sites (tertiary alicyclic amines) is 1. The lowest BCUT2D eigenvalue weighted by Crippen LogP contribution is -2.41. The highest BCUT2D eigenvalue weighted by atomic mass is 16.2. The molecule has 110 valence electrons. The molecule has 1 aromatic carbocycles. The van der Waals surface area contributed by atoms with Crippen LogP contribution in [0.2, 0.25) is 0 Å². The van der Waals surface area contributed by atoms with E-state index < -0.39 is 11.7 Å². The van der Waals surface area contributed by atoms with Crippen LogP contribution in [0.1, 0.15) is 34.3 Å². The maximum Gasteiger partial charge on any atom is 0.299 e. The van der Waals surface area contributed by atoms with E-state index in [1.54, 1.807) is 4.90 Å². The average molecular weight is 286 g/mol. The molecular weight excluding hydrogens is 268 g/mol. The van der Waals surface area contributed by atoms with E-state index in [1.807, 2.05) is 26.0 Å². The summed E-state index contributed by atoms with van der Waals surface area (Å²) in [6.45, 7) is 5.19. The van der Waals surface area contributed by atoms with Crippen LogP contribution in [-0.2, 0) is 9.59 Å². The third kappa shape index (κ3) is 2.22. The topological polar surface area (TPSA) is 57.7 Å². The van der Waals surface area contributed by atoms with Gasteiger partial charge in [-0.3, -0.25) is 19.3 Å². The number of anilines is 1. The Hall–Kier alpha value is -2.17. The lowest BCUT2D eigenvalue weighted by molar-refractivity contribution is -0.129. The number of aryl methyl sites for hydroxylation is 2. The highest BCUT2D eigenvalue weighted by Crippen LogP contribution is 2.32. The Morgan fingerprint density at radius 1 is 1.14 bits per heavy atom.